The zero-order valence-electron chi connectivity index (χ0n) is 12.7. The van der Waals surface area contributed by atoms with Crippen LogP contribution >= 0.6 is 36.2 Å². The highest BCUT2D eigenvalue weighted by molar-refractivity contribution is 7.09. The molecule has 0 aliphatic heterocycles. The standard InChI is InChI=1S/C13H23N3OS.2ClH/c1-13(2,3)12-15-10(9-18-12)8-11(17)16(5)7-6-14-4;;/h9,14H,6-8H2,1-5H3;2*1H. The van der Waals surface area contributed by atoms with E-state index in [2.05, 4.69) is 31.1 Å². The molecule has 4 nitrogen and oxygen atoms in total. The van der Waals surface area contributed by atoms with E-state index in [4.69, 9.17) is 0 Å². The average Bonchev–Trinajstić information content (AvgIpc) is 2.73. The minimum Gasteiger partial charge on any atom is -0.344 e. The first-order valence-electron chi connectivity index (χ1n) is 6.18. The van der Waals surface area contributed by atoms with E-state index >= 15 is 0 Å². The zero-order valence-corrected chi connectivity index (χ0v) is 15.2. The topological polar surface area (TPSA) is 45.2 Å². The van der Waals surface area contributed by atoms with E-state index in [0.717, 1.165) is 23.8 Å². The van der Waals surface area contributed by atoms with Gasteiger partial charge in [0.15, 0.2) is 0 Å². The zero-order chi connectivity index (χ0) is 13.8. The van der Waals surface area contributed by atoms with Gasteiger partial charge in [-0.2, -0.15) is 0 Å². The summed E-state index contributed by atoms with van der Waals surface area (Å²) in [7, 11) is 3.71. The Kier molecular flexibility index (Phi) is 10.5. The normalized spacial score (nSPS) is 10.4. The van der Waals surface area contributed by atoms with E-state index < -0.39 is 0 Å². The molecule has 0 saturated carbocycles. The summed E-state index contributed by atoms with van der Waals surface area (Å²) in [6.07, 6.45) is 0.396. The highest BCUT2D eigenvalue weighted by atomic mass is 35.5. The molecule has 0 aromatic carbocycles. The summed E-state index contributed by atoms with van der Waals surface area (Å²) in [6, 6.07) is 0. The van der Waals surface area contributed by atoms with Crippen LogP contribution in [0.25, 0.3) is 0 Å². The number of thiazole rings is 1. The molecule has 0 atom stereocenters. The molecule has 0 unspecified atom stereocenters. The van der Waals surface area contributed by atoms with Crippen LogP contribution < -0.4 is 5.32 Å². The van der Waals surface area contributed by atoms with Crippen molar-refractivity contribution in [1.82, 2.24) is 15.2 Å². The van der Waals surface area contributed by atoms with Crippen molar-refractivity contribution in [3.63, 3.8) is 0 Å². The lowest BCUT2D eigenvalue weighted by Gasteiger charge is -2.16. The van der Waals surface area contributed by atoms with Gasteiger partial charge in [-0.1, -0.05) is 20.8 Å². The maximum atomic E-state index is 11.9. The van der Waals surface area contributed by atoms with Crippen LogP contribution in [0.5, 0.6) is 0 Å². The highest BCUT2D eigenvalue weighted by Gasteiger charge is 2.19. The van der Waals surface area contributed by atoms with Crippen molar-refractivity contribution in [2.75, 3.05) is 27.2 Å². The molecule has 1 amide bonds. The number of carbonyl (C=O) groups is 1. The molecule has 0 bridgehead atoms. The number of halogens is 2. The Morgan fingerprint density at radius 2 is 2.00 bits per heavy atom. The third-order valence-electron chi connectivity index (χ3n) is 2.65. The van der Waals surface area contributed by atoms with Crippen LogP contribution in [-0.4, -0.2) is 43.0 Å². The first-order valence-corrected chi connectivity index (χ1v) is 7.06. The van der Waals surface area contributed by atoms with Gasteiger partial charge in [0.1, 0.15) is 0 Å². The molecule has 1 aromatic heterocycles. The van der Waals surface area contributed by atoms with Crippen LogP contribution in [0.4, 0.5) is 0 Å². The SMILES string of the molecule is CNCCN(C)C(=O)Cc1csc(C(C)(C)C)n1.Cl.Cl. The third kappa shape index (κ3) is 6.88. The molecular weight excluding hydrogens is 317 g/mol. The predicted octanol–water partition coefficient (Wildman–Crippen LogP) is 2.50. The number of nitrogens with one attached hydrogen (secondary N) is 1. The second kappa shape index (κ2) is 9.55. The lowest BCUT2D eigenvalue weighted by atomic mass is 9.98. The third-order valence-corrected chi connectivity index (χ3v) is 3.97. The number of aromatic nitrogens is 1. The maximum absolute atomic E-state index is 11.9. The minimum atomic E-state index is 0. The summed E-state index contributed by atoms with van der Waals surface area (Å²) in [4.78, 5) is 18.2. The summed E-state index contributed by atoms with van der Waals surface area (Å²) < 4.78 is 0. The molecule has 1 rings (SSSR count). The molecule has 118 valence electrons. The number of likely N-dealkylation sites (N-methyl/N-ethyl adjacent to an activating group) is 2. The molecular formula is C13H25Cl2N3OS. The van der Waals surface area contributed by atoms with Crippen molar-refractivity contribution in [1.29, 1.82) is 0 Å². The van der Waals surface area contributed by atoms with Crippen molar-refractivity contribution in [3.8, 4) is 0 Å². The smallest absolute Gasteiger partial charge is 0.228 e. The van der Waals surface area contributed by atoms with Crippen molar-refractivity contribution in [2.45, 2.75) is 32.6 Å². The van der Waals surface area contributed by atoms with Gasteiger partial charge in [-0.25, -0.2) is 4.98 Å². The van der Waals surface area contributed by atoms with Gasteiger partial charge in [-0.15, -0.1) is 36.2 Å². The quantitative estimate of drug-likeness (QED) is 0.894. The number of amides is 1. The van der Waals surface area contributed by atoms with Crippen LogP contribution in [0.2, 0.25) is 0 Å². The van der Waals surface area contributed by atoms with Gasteiger partial charge in [0.05, 0.1) is 17.1 Å². The van der Waals surface area contributed by atoms with E-state index in [1.807, 2.05) is 19.5 Å². The van der Waals surface area contributed by atoms with Gasteiger partial charge in [0.2, 0.25) is 5.91 Å². The van der Waals surface area contributed by atoms with Crippen LogP contribution in [0.15, 0.2) is 5.38 Å². The van der Waals surface area contributed by atoms with E-state index in [-0.39, 0.29) is 36.1 Å². The molecule has 0 aliphatic rings. The first-order chi connectivity index (χ1) is 8.34. The largest absolute Gasteiger partial charge is 0.344 e. The number of nitrogens with zero attached hydrogens (tertiary/aromatic N) is 2. The minimum absolute atomic E-state index is 0. The molecule has 0 radical (unpaired) electrons. The van der Waals surface area contributed by atoms with E-state index in [1.165, 1.54) is 0 Å². The lowest BCUT2D eigenvalue weighted by Crippen LogP contribution is -2.33. The van der Waals surface area contributed by atoms with Gasteiger partial charge >= 0.3 is 0 Å². The van der Waals surface area contributed by atoms with E-state index in [9.17, 15) is 4.79 Å². The second-order valence-corrected chi connectivity index (χ2v) is 6.35. The van der Waals surface area contributed by atoms with Gasteiger partial charge in [0.25, 0.3) is 0 Å². The van der Waals surface area contributed by atoms with Gasteiger partial charge < -0.3 is 10.2 Å². The van der Waals surface area contributed by atoms with Crippen LogP contribution in [0.3, 0.4) is 0 Å². The summed E-state index contributed by atoms with van der Waals surface area (Å²) in [5.41, 5.74) is 0.940. The number of hydrogen-bond donors (Lipinski definition) is 1. The summed E-state index contributed by atoms with van der Waals surface area (Å²) >= 11 is 1.63. The maximum Gasteiger partial charge on any atom is 0.228 e. The molecule has 20 heavy (non-hydrogen) atoms. The Labute approximate surface area is 138 Å². The Morgan fingerprint density at radius 3 is 2.45 bits per heavy atom. The van der Waals surface area contributed by atoms with Gasteiger partial charge in [-0.3, -0.25) is 4.79 Å². The summed E-state index contributed by atoms with van der Waals surface area (Å²) in [5, 5.41) is 6.11. The molecule has 0 saturated heterocycles. The van der Waals surface area contributed by atoms with Crippen LogP contribution in [-0.2, 0) is 16.6 Å². The molecule has 1 N–H and O–H groups in total. The molecule has 1 aromatic rings. The Morgan fingerprint density at radius 1 is 1.40 bits per heavy atom. The van der Waals surface area contributed by atoms with Crippen molar-refractivity contribution >= 4 is 42.1 Å². The van der Waals surface area contributed by atoms with Crippen molar-refractivity contribution in [2.24, 2.45) is 0 Å². The summed E-state index contributed by atoms with van der Waals surface area (Å²) in [5.74, 6) is 0.121. The van der Waals surface area contributed by atoms with Crippen LogP contribution in [0.1, 0.15) is 31.5 Å². The second-order valence-electron chi connectivity index (χ2n) is 5.49. The fourth-order valence-electron chi connectivity index (χ4n) is 1.43. The molecule has 7 heteroatoms. The Hall–Kier alpha value is -0.360. The highest BCUT2D eigenvalue weighted by Crippen LogP contribution is 2.25. The first kappa shape index (κ1) is 21.9. The number of rotatable bonds is 5. The molecule has 1 heterocycles. The van der Waals surface area contributed by atoms with Crippen molar-refractivity contribution < 1.29 is 4.79 Å². The lowest BCUT2D eigenvalue weighted by molar-refractivity contribution is -0.129. The van der Waals surface area contributed by atoms with E-state index in [1.54, 1.807) is 16.2 Å². The van der Waals surface area contributed by atoms with Gasteiger partial charge in [-0.05, 0) is 7.05 Å². The number of hydrogen-bond acceptors (Lipinski definition) is 4. The predicted molar refractivity (Wildman–Crippen MR) is 90.6 cm³/mol. The average molecular weight is 342 g/mol. The van der Waals surface area contributed by atoms with Crippen molar-refractivity contribution in [3.05, 3.63) is 16.1 Å². The van der Waals surface area contributed by atoms with E-state index in [0.29, 0.717) is 6.42 Å². The fraction of sp³-hybridized carbons (Fsp3) is 0.692. The monoisotopic (exact) mass is 341 g/mol. The Bertz CT molecular complexity index is 405. The number of carbonyl (C=O) groups excluding carboxylic acids is 1. The van der Waals surface area contributed by atoms with Gasteiger partial charge in [0, 0.05) is 30.9 Å². The molecule has 0 aliphatic carbocycles. The molecule has 0 spiro atoms. The summed E-state index contributed by atoms with van der Waals surface area (Å²) in [6.45, 7) is 7.95. The van der Waals surface area contributed by atoms with Crippen LogP contribution in [0, 0.1) is 0 Å². The molecule has 0 fully saturated rings. The Balaban J connectivity index is 0. The fourth-order valence-corrected chi connectivity index (χ4v) is 2.33.